The van der Waals surface area contributed by atoms with Gasteiger partial charge in [0.1, 0.15) is 0 Å². The summed E-state index contributed by atoms with van der Waals surface area (Å²) in [6.07, 6.45) is 7.08. The van der Waals surface area contributed by atoms with Crippen LogP contribution in [0.2, 0.25) is 0 Å². The molecule has 0 aromatic carbocycles. The van der Waals surface area contributed by atoms with E-state index in [1.165, 1.54) is 12.0 Å². The Morgan fingerprint density at radius 1 is 1.18 bits per heavy atom. The fraction of sp³-hybridized carbons (Fsp3) is 0.444. The quantitative estimate of drug-likeness (QED) is 0.658. The highest BCUT2D eigenvalue weighted by Crippen LogP contribution is 2.01. The fourth-order valence-electron chi connectivity index (χ4n) is 1.02. The third-order valence-corrected chi connectivity index (χ3v) is 1.67. The number of aromatic nitrogens is 1. The van der Waals surface area contributed by atoms with Crippen molar-refractivity contribution >= 4 is 0 Å². The molecular weight excluding hydrogens is 136 g/mol. The lowest BCUT2D eigenvalue weighted by atomic mass is 10.1. The number of nitrogens with two attached hydrogens (primary N) is 1. The van der Waals surface area contributed by atoms with Crippen molar-refractivity contribution in [2.24, 2.45) is 5.73 Å². The predicted octanol–water partition coefficient (Wildman–Crippen LogP) is 1.36. The van der Waals surface area contributed by atoms with Crippen LogP contribution in [0.1, 0.15) is 18.4 Å². The zero-order valence-corrected chi connectivity index (χ0v) is 6.66. The van der Waals surface area contributed by atoms with Gasteiger partial charge in [0.2, 0.25) is 0 Å². The topological polar surface area (TPSA) is 38.9 Å². The van der Waals surface area contributed by atoms with E-state index in [0.29, 0.717) is 0 Å². The molecule has 0 aliphatic carbocycles. The number of pyridine rings is 1. The predicted molar refractivity (Wildman–Crippen MR) is 46.2 cm³/mol. The van der Waals surface area contributed by atoms with Gasteiger partial charge in [-0.3, -0.25) is 4.98 Å². The average molecular weight is 150 g/mol. The Kier molecular flexibility index (Phi) is 3.62. The lowest BCUT2D eigenvalue weighted by Gasteiger charge is -1.97. The normalized spacial score (nSPS) is 9.91. The van der Waals surface area contributed by atoms with Crippen molar-refractivity contribution in [2.75, 3.05) is 6.54 Å². The minimum Gasteiger partial charge on any atom is -0.330 e. The molecule has 0 saturated heterocycles. The molecule has 1 rings (SSSR count). The molecule has 0 unspecified atom stereocenters. The third kappa shape index (κ3) is 3.14. The smallest absolute Gasteiger partial charge is 0.0270 e. The van der Waals surface area contributed by atoms with Gasteiger partial charge in [0.15, 0.2) is 0 Å². The Morgan fingerprint density at radius 2 is 1.91 bits per heavy atom. The highest BCUT2D eigenvalue weighted by molar-refractivity contribution is 5.09. The summed E-state index contributed by atoms with van der Waals surface area (Å²) in [7, 11) is 0. The fourth-order valence-corrected chi connectivity index (χ4v) is 1.02. The number of unbranched alkanes of at least 4 members (excludes halogenated alkanes) is 1. The Hall–Kier alpha value is -0.890. The van der Waals surface area contributed by atoms with Crippen LogP contribution in [0.3, 0.4) is 0 Å². The van der Waals surface area contributed by atoms with E-state index >= 15 is 0 Å². The van der Waals surface area contributed by atoms with Crippen LogP contribution in [0.15, 0.2) is 24.5 Å². The zero-order chi connectivity index (χ0) is 7.94. The third-order valence-electron chi connectivity index (χ3n) is 1.67. The summed E-state index contributed by atoms with van der Waals surface area (Å²) in [6, 6.07) is 4.10. The summed E-state index contributed by atoms with van der Waals surface area (Å²) in [5.41, 5.74) is 6.74. The average Bonchev–Trinajstić information content (AvgIpc) is 2.07. The molecule has 60 valence electrons. The van der Waals surface area contributed by atoms with Crippen molar-refractivity contribution in [3.63, 3.8) is 0 Å². The number of rotatable bonds is 4. The van der Waals surface area contributed by atoms with Crippen LogP contribution >= 0.6 is 0 Å². The van der Waals surface area contributed by atoms with Gasteiger partial charge < -0.3 is 5.73 Å². The highest BCUT2D eigenvalue weighted by atomic mass is 14.6. The van der Waals surface area contributed by atoms with Gasteiger partial charge in [-0.1, -0.05) is 0 Å². The second kappa shape index (κ2) is 4.85. The van der Waals surface area contributed by atoms with E-state index in [2.05, 4.69) is 17.1 Å². The summed E-state index contributed by atoms with van der Waals surface area (Å²) in [5.74, 6) is 0. The van der Waals surface area contributed by atoms with Crippen LogP contribution in [-0.2, 0) is 6.42 Å². The van der Waals surface area contributed by atoms with Crippen molar-refractivity contribution in [3.05, 3.63) is 30.1 Å². The Labute approximate surface area is 67.5 Å². The molecule has 0 aliphatic heterocycles. The van der Waals surface area contributed by atoms with Crippen LogP contribution in [0.5, 0.6) is 0 Å². The minimum absolute atomic E-state index is 0.797. The van der Waals surface area contributed by atoms with Crippen molar-refractivity contribution in [2.45, 2.75) is 19.3 Å². The summed E-state index contributed by atoms with van der Waals surface area (Å²) in [6.45, 7) is 0.797. The van der Waals surface area contributed by atoms with Gasteiger partial charge in [-0.25, -0.2) is 0 Å². The molecule has 0 atom stereocenters. The van der Waals surface area contributed by atoms with Crippen molar-refractivity contribution in [1.82, 2.24) is 4.98 Å². The van der Waals surface area contributed by atoms with Crippen LogP contribution < -0.4 is 5.73 Å². The molecule has 2 nitrogen and oxygen atoms in total. The van der Waals surface area contributed by atoms with Gasteiger partial charge in [0.25, 0.3) is 0 Å². The molecule has 0 spiro atoms. The molecule has 0 fully saturated rings. The zero-order valence-electron chi connectivity index (χ0n) is 6.66. The SMILES string of the molecule is NCCCCc1ccncc1. The summed E-state index contributed by atoms with van der Waals surface area (Å²) in [4.78, 5) is 3.95. The first-order chi connectivity index (χ1) is 5.43. The summed E-state index contributed by atoms with van der Waals surface area (Å²) < 4.78 is 0. The Bertz CT molecular complexity index is 184. The van der Waals surface area contributed by atoms with Crippen molar-refractivity contribution in [3.8, 4) is 0 Å². The molecule has 0 saturated carbocycles. The van der Waals surface area contributed by atoms with Crippen LogP contribution in [0, 0.1) is 0 Å². The number of nitrogens with zero attached hydrogens (tertiary/aromatic N) is 1. The molecule has 0 bridgehead atoms. The van der Waals surface area contributed by atoms with Crippen LogP contribution in [-0.4, -0.2) is 11.5 Å². The molecule has 1 aromatic rings. The van der Waals surface area contributed by atoms with Gasteiger partial charge in [-0.05, 0) is 43.5 Å². The van der Waals surface area contributed by atoms with Gasteiger partial charge >= 0.3 is 0 Å². The Morgan fingerprint density at radius 3 is 2.55 bits per heavy atom. The van der Waals surface area contributed by atoms with Crippen molar-refractivity contribution < 1.29 is 0 Å². The first kappa shape index (κ1) is 8.21. The number of hydrogen-bond donors (Lipinski definition) is 1. The molecule has 2 N–H and O–H groups in total. The first-order valence-corrected chi connectivity index (χ1v) is 4.02. The molecular formula is C9H14N2. The Balaban J connectivity index is 2.28. The maximum absolute atomic E-state index is 5.38. The second-order valence-electron chi connectivity index (χ2n) is 2.60. The number of aryl methyl sites for hydroxylation is 1. The van der Waals surface area contributed by atoms with E-state index in [0.717, 1.165) is 19.4 Å². The first-order valence-electron chi connectivity index (χ1n) is 4.02. The van der Waals surface area contributed by atoms with Crippen LogP contribution in [0.4, 0.5) is 0 Å². The van der Waals surface area contributed by atoms with Crippen molar-refractivity contribution in [1.29, 1.82) is 0 Å². The minimum atomic E-state index is 0.797. The number of hydrogen-bond acceptors (Lipinski definition) is 2. The largest absolute Gasteiger partial charge is 0.330 e. The maximum atomic E-state index is 5.38. The summed E-state index contributed by atoms with van der Waals surface area (Å²) >= 11 is 0. The highest BCUT2D eigenvalue weighted by Gasteiger charge is 1.89. The standard InChI is InChI=1S/C9H14N2/c10-6-2-1-3-9-4-7-11-8-5-9/h4-5,7-8H,1-3,6,10H2. The van der Waals surface area contributed by atoms with Gasteiger partial charge in [0, 0.05) is 12.4 Å². The molecule has 1 aromatic heterocycles. The molecule has 0 aliphatic rings. The van der Waals surface area contributed by atoms with Gasteiger partial charge in [-0.2, -0.15) is 0 Å². The lowest BCUT2D eigenvalue weighted by Crippen LogP contribution is -1.98. The molecule has 0 radical (unpaired) electrons. The van der Waals surface area contributed by atoms with E-state index in [9.17, 15) is 0 Å². The van der Waals surface area contributed by atoms with E-state index in [1.54, 1.807) is 0 Å². The van der Waals surface area contributed by atoms with E-state index < -0.39 is 0 Å². The monoisotopic (exact) mass is 150 g/mol. The molecule has 11 heavy (non-hydrogen) atoms. The maximum Gasteiger partial charge on any atom is 0.0270 e. The molecule has 1 heterocycles. The van der Waals surface area contributed by atoms with Gasteiger partial charge in [-0.15, -0.1) is 0 Å². The second-order valence-corrected chi connectivity index (χ2v) is 2.60. The van der Waals surface area contributed by atoms with Crippen LogP contribution in [0.25, 0.3) is 0 Å². The lowest BCUT2D eigenvalue weighted by molar-refractivity contribution is 0.744. The van der Waals surface area contributed by atoms with E-state index in [4.69, 9.17) is 5.73 Å². The van der Waals surface area contributed by atoms with Gasteiger partial charge in [0.05, 0.1) is 0 Å². The molecule has 2 heteroatoms. The summed E-state index contributed by atoms with van der Waals surface area (Å²) in [5, 5.41) is 0. The van der Waals surface area contributed by atoms with E-state index in [-0.39, 0.29) is 0 Å². The van der Waals surface area contributed by atoms with E-state index in [1.807, 2.05) is 12.4 Å². The molecule has 0 amide bonds.